The van der Waals surface area contributed by atoms with E-state index in [0.29, 0.717) is 16.8 Å². The molecule has 0 unspecified atom stereocenters. The van der Waals surface area contributed by atoms with Crippen molar-refractivity contribution < 1.29 is 23.1 Å². The summed E-state index contributed by atoms with van der Waals surface area (Å²) in [5.74, 6) is -1.64. The first kappa shape index (κ1) is 19.9. The summed E-state index contributed by atoms with van der Waals surface area (Å²) in [5, 5.41) is 8.53. The first-order valence-corrected chi connectivity index (χ1v) is 9.06. The van der Waals surface area contributed by atoms with Gasteiger partial charge in [0.1, 0.15) is 17.5 Å². The van der Waals surface area contributed by atoms with Gasteiger partial charge >= 0.3 is 0 Å². The highest BCUT2D eigenvalue weighted by molar-refractivity contribution is 5.92. The van der Waals surface area contributed by atoms with Gasteiger partial charge < -0.3 is 15.8 Å². The zero-order chi connectivity index (χ0) is 20.3. The monoisotopic (exact) mass is 390 g/mol. The molecular formula is C21H21F3N2O2. The predicted octanol–water partition coefficient (Wildman–Crippen LogP) is 4.37. The highest BCUT2D eigenvalue weighted by Crippen LogP contribution is 2.45. The van der Waals surface area contributed by atoms with Crippen molar-refractivity contribution in [3.63, 3.8) is 0 Å². The van der Waals surface area contributed by atoms with E-state index in [2.05, 4.69) is 10.7 Å². The Kier molecular flexibility index (Phi) is 6.04. The van der Waals surface area contributed by atoms with Gasteiger partial charge in [-0.3, -0.25) is 4.79 Å². The number of nitrogens with two attached hydrogens (primary N) is 1. The fraction of sp³-hybridized carbons (Fsp3) is 0.286. The first-order chi connectivity index (χ1) is 13.4. The topological polar surface area (TPSA) is 79.1 Å². The van der Waals surface area contributed by atoms with Crippen molar-refractivity contribution in [2.75, 3.05) is 6.61 Å². The average Bonchev–Trinajstić information content (AvgIpc) is 2.94. The number of rotatable bonds is 4. The van der Waals surface area contributed by atoms with Crippen LogP contribution in [-0.2, 0) is 4.79 Å². The molecule has 0 bridgehead atoms. The van der Waals surface area contributed by atoms with Crippen LogP contribution in [0.5, 0.6) is 0 Å². The molecule has 28 heavy (non-hydrogen) atoms. The average molecular weight is 390 g/mol. The van der Waals surface area contributed by atoms with E-state index in [1.807, 2.05) is 0 Å². The summed E-state index contributed by atoms with van der Waals surface area (Å²) in [7, 11) is 0. The quantitative estimate of drug-likeness (QED) is 0.618. The van der Waals surface area contributed by atoms with Crippen LogP contribution in [0.25, 0.3) is 22.2 Å². The van der Waals surface area contributed by atoms with Crippen LogP contribution >= 0.6 is 0 Å². The number of aliphatic hydroxyl groups is 1. The lowest BCUT2D eigenvalue weighted by molar-refractivity contribution is -0.118. The second-order valence-corrected chi connectivity index (χ2v) is 6.80. The number of aromatic amines is 1. The van der Waals surface area contributed by atoms with Crippen LogP contribution in [0, 0.1) is 17.5 Å². The number of hydrogen-bond donors (Lipinski definition) is 3. The minimum Gasteiger partial charge on any atom is -0.396 e. The van der Waals surface area contributed by atoms with Gasteiger partial charge in [0, 0.05) is 17.9 Å². The number of carbonyl (C=O) groups is 1. The summed E-state index contributed by atoms with van der Waals surface area (Å²) >= 11 is 0. The number of H-pyrrole nitrogens is 1. The third-order valence-corrected chi connectivity index (χ3v) is 4.87. The molecule has 0 saturated heterocycles. The lowest BCUT2D eigenvalue weighted by Gasteiger charge is -2.26. The van der Waals surface area contributed by atoms with Gasteiger partial charge in [0.2, 0.25) is 5.91 Å². The Balaban J connectivity index is 0.000000330. The maximum Gasteiger partial charge on any atom is 0.219 e. The molecule has 148 valence electrons. The Labute approximate surface area is 160 Å². The molecule has 0 aliphatic heterocycles. The molecule has 0 atom stereocenters. The number of amides is 1. The maximum absolute atomic E-state index is 14.1. The summed E-state index contributed by atoms with van der Waals surface area (Å²) in [5.41, 5.74) is 7.43. The van der Waals surface area contributed by atoms with Gasteiger partial charge in [0.25, 0.3) is 0 Å². The number of benzene rings is 2. The fourth-order valence-electron chi connectivity index (χ4n) is 3.32. The summed E-state index contributed by atoms with van der Waals surface area (Å²) in [6.07, 6.45) is 3.22. The molecule has 1 saturated carbocycles. The zero-order valence-corrected chi connectivity index (χ0v) is 15.1. The molecule has 1 aliphatic carbocycles. The van der Waals surface area contributed by atoms with E-state index in [0.717, 1.165) is 42.1 Å². The van der Waals surface area contributed by atoms with Crippen LogP contribution in [0.3, 0.4) is 0 Å². The Bertz CT molecular complexity index is 979. The number of hydrogen-bond acceptors (Lipinski definition) is 2. The van der Waals surface area contributed by atoms with E-state index < -0.39 is 17.5 Å². The van der Waals surface area contributed by atoms with Crippen molar-refractivity contribution in [3.05, 3.63) is 59.4 Å². The van der Waals surface area contributed by atoms with E-state index in [4.69, 9.17) is 5.11 Å². The molecule has 3 aromatic rings. The summed E-state index contributed by atoms with van der Waals surface area (Å²) in [6.45, 7) is -0.144. The highest BCUT2D eigenvalue weighted by atomic mass is 19.1. The van der Waals surface area contributed by atoms with Crippen LogP contribution < -0.4 is 5.73 Å². The third kappa shape index (κ3) is 4.20. The number of primary amides is 1. The highest BCUT2D eigenvalue weighted by Gasteiger charge is 2.27. The van der Waals surface area contributed by atoms with Crippen molar-refractivity contribution in [2.24, 2.45) is 5.73 Å². The fourth-order valence-corrected chi connectivity index (χ4v) is 3.32. The van der Waals surface area contributed by atoms with Gasteiger partial charge in [-0.1, -0.05) is 6.42 Å². The van der Waals surface area contributed by atoms with Crippen LogP contribution in [0.4, 0.5) is 13.2 Å². The predicted molar refractivity (Wildman–Crippen MR) is 101 cm³/mol. The van der Waals surface area contributed by atoms with E-state index >= 15 is 0 Å². The van der Waals surface area contributed by atoms with Gasteiger partial charge in [-0.25, -0.2) is 13.2 Å². The number of aliphatic hydroxyl groups excluding tert-OH is 1. The van der Waals surface area contributed by atoms with Gasteiger partial charge in [-0.15, -0.1) is 0 Å². The summed E-state index contributed by atoms with van der Waals surface area (Å²) < 4.78 is 40.8. The third-order valence-electron chi connectivity index (χ3n) is 4.87. The van der Waals surface area contributed by atoms with E-state index in [9.17, 15) is 18.0 Å². The standard InChI is InChI=1S/C18H14F3N.C3H7NO2/c19-12-6-4-11(5-7-12)17-16(10-2-1-3-10)14-8-13(20)9-15(21)18(14)22-17;4-3(6)1-2-5/h4-10,22H,1-3H2;5H,1-2H2,(H2,4,6). The second kappa shape index (κ2) is 8.48. The molecule has 4 N–H and O–H groups in total. The largest absolute Gasteiger partial charge is 0.396 e. The summed E-state index contributed by atoms with van der Waals surface area (Å²) in [4.78, 5) is 12.7. The molecule has 4 nitrogen and oxygen atoms in total. The molecule has 1 fully saturated rings. The van der Waals surface area contributed by atoms with Crippen molar-refractivity contribution in [2.45, 2.75) is 31.6 Å². The zero-order valence-electron chi connectivity index (χ0n) is 15.1. The summed E-state index contributed by atoms with van der Waals surface area (Å²) in [6, 6.07) is 8.35. The Morgan fingerprint density at radius 3 is 2.29 bits per heavy atom. The lowest BCUT2D eigenvalue weighted by atomic mass is 9.78. The smallest absolute Gasteiger partial charge is 0.219 e. The van der Waals surface area contributed by atoms with E-state index in [1.165, 1.54) is 18.2 Å². The van der Waals surface area contributed by atoms with E-state index in [1.54, 1.807) is 12.1 Å². The molecule has 1 aliphatic rings. The van der Waals surface area contributed by atoms with Gasteiger partial charge in [-0.05, 0) is 60.2 Å². The molecule has 7 heteroatoms. The first-order valence-electron chi connectivity index (χ1n) is 9.06. The number of aromatic nitrogens is 1. The second-order valence-electron chi connectivity index (χ2n) is 6.80. The molecule has 0 spiro atoms. The van der Waals surface area contributed by atoms with Crippen LogP contribution in [0.1, 0.15) is 37.2 Å². The molecular weight excluding hydrogens is 369 g/mol. The number of nitrogens with one attached hydrogen (secondary N) is 1. The van der Waals surface area contributed by atoms with Gasteiger partial charge in [-0.2, -0.15) is 0 Å². The van der Waals surface area contributed by atoms with Crippen LogP contribution in [0.15, 0.2) is 36.4 Å². The van der Waals surface area contributed by atoms with Crippen molar-refractivity contribution >= 4 is 16.8 Å². The van der Waals surface area contributed by atoms with Gasteiger partial charge in [0.05, 0.1) is 17.8 Å². The molecule has 1 aromatic heterocycles. The lowest BCUT2D eigenvalue weighted by Crippen LogP contribution is -2.11. The number of fused-ring (bicyclic) bond motifs is 1. The Morgan fingerprint density at radius 1 is 1.11 bits per heavy atom. The molecule has 4 rings (SSSR count). The molecule has 1 heterocycles. The maximum atomic E-state index is 14.1. The number of carbonyl (C=O) groups excluding carboxylic acids is 1. The molecule has 1 amide bonds. The van der Waals surface area contributed by atoms with Gasteiger partial charge in [0.15, 0.2) is 0 Å². The Morgan fingerprint density at radius 2 is 1.79 bits per heavy atom. The molecule has 2 aromatic carbocycles. The molecule has 0 radical (unpaired) electrons. The van der Waals surface area contributed by atoms with Crippen LogP contribution in [0.2, 0.25) is 0 Å². The van der Waals surface area contributed by atoms with Crippen LogP contribution in [-0.4, -0.2) is 22.6 Å². The van der Waals surface area contributed by atoms with Crippen molar-refractivity contribution in [1.82, 2.24) is 4.98 Å². The minimum atomic E-state index is -0.594. The van der Waals surface area contributed by atoms with E-state index in [-0.39, 0.29) is 18.8 Å². The normalized spacial score (nSPS) is 13.7. The van der Waals surface area contributed by atoms with Crippen molar-refractivity contribution in [1.29, 1.82) is 0 Å². The Hall–Kier alpha value is -2.80. The number of halogens is 3. The minimum absolute atomic E-state index is 0.0694. The SMILES string of the molecule is Fc1ccc(-c2[nH]c3c(F)cc(F)cc3c2C2CCC2)cc1.NC(=O)CCO. The van der Waals surface area contributed by atoms with Crippen molar-refractivity contribution in [3.8, 4) is 11.3 Å².